The predicted octanol–water partition coefficient (Wildman–Crippen LogP) is 2.85. The van der Waals surface area contributed by atoms with Gasteiger partial charge in [-0.05, 0) is 32.4 Å². The second kappa shape index (κ2) is 8.52. The number of aromatic nitrogens is 3. The molecule has 0 bridgehead atoms. The molecule has 0 spiro atoms. The van der Waals surface area contributed by atoms with Crippen molar-refractivity contribution in [3.05, 3.63) is 50.0 Å². The first-order valence-electron chi connectivity index (χ1n) is 9.07. The lowest BCUT2D eigenvalue weighted by Crippen LogP contribution is -2.12. The van der Waals surface area contributed by atoms with Crippen molar-refractivity contribution in [3.63, 3.8) is 0 Å². The average molecular weight is 455 g/mol. The van der Waals surface area contributed by atoms with Crippen molar-refractivity contribution in [2.75, 3.05) is 18.1 Å². The Morgan fingerprint density at radius 2 is 2.20 bits per heavy atom. The summed E-state index contributed by atoms with van der Waals surface area (Å²) in [5.41, 5.74) is 0.895. The smallest absolute Gasteiger partial charge is 0.340 e. The molecule has 0 radical (unpaired) electrons. The molecule has 1 saturated heterocycles. The maximum absolute atomic E-state index is 12.2. The average Bonchev–Trinajstić information content (AvgIpc) is 3.18. The van der Waals surface area contributed by atoms with Crippen molar-refractivity contribution in [1.29, 1.82) is 0 Å². The molecule has 12 heteroatoms. The van der Waals surface area contributed by atoms with E-state index in [-0.39, 0.29) is 46.3 Å². The summed E-state index contributed by atoms with van der Waals surface area (Å²) in [5.74, 6) is -0.662. The molecule has 0 aliphatic carbocycles. The van der Waals surface area contributed by atoms with Crippen LogP contribution in [-0.2, 0) is 14.6 Å². The summed E-state index contributed by atoms with van der Waals surface area (Å²) in [4.78, 5) is 26.6. The first-order valence-corrected chi connectivity index (χ1v) is 11.3. The zero-order valence-corrected chi connectivity index (χ0v) is 17.8. The molecule has 0 aromatic carbocycles. The Balaban J connectivity index is 1.96. The lowest BCUT2D eigenvalue weighted by molar-refractivity contribution is -0.385. The minimum absolute atomic E-state index is 0.0199. The molecule has 1 aliphatic heterocycles. The number of hydrogen-bond donors (Lipinski definition) is 0. The highest BCUT2D eigenvalue weighted by Gasteiger charge is 2.31. The fraction of sp³-hybridized carbons (Fsp3) is 0.389. The Bertz CT molecular complexity index is 1140. The van der Waals surface area contributed by atoms with E-state index in [2.05, 4.69) is 10.1 Å². The van der Waals surface area contributed by atoms with Gasteiger partial charge in [0, 0.05) is 11.6 Å². The highest BCUT2D eigenvalue weighted by molar-refractivity contribution is 7.91. The van der Waals surface area contributed by atoms with E-state index in [0.29, 0.717) is 17.7 Å². The molecule has 2 aromatic rings. The third kappa shape index (κ3) is 4.51. The summed E-state index contributed by atoms with van der Waals surface area (Å²) in [6.45, 7) is 3.45. The molecule has 0 amide bonds. The van der Waals surface area contributed by atoms with Gasteiger partial charge in [0.05, 0.1) is 46.0 Å². The van der Waals surface area contributed by atoms with Gasteiger partial charge in [-0.2, -0.15) is 5.10 Å². The number of ether oxygens (including phenoxy) is 1. The molecule has 1 atom stereocenters. The number of aryl methyl sites for hydroxylation is 1. The molecule has 1 aliphatic rings. The fourth-order valence-corrected chi connectivity index (χ4v) is 5.23. The van der Waals surface area contributed by atoms with Crippen LogP contribution in [0, 0.1) is 17.0 Å². The number of nitrogens with zero attached hydrogens (tertiary/aromatic N) is 4. The van der Waals surface area contributed by atoms with Gasteiger partial charge in [-0.3, -0.25) is 10.1 Å². The number of pyridine rings is 1. The first-order chi connectivity index (χ1) is 14.1. The van der Waals surface area contributed by atoms with E-state index < -0.39 is 20.7 Å². The van der Waals surface area contributed by atoms with Crippen molar-refractivity contribution < 1.29 is 22.9 Å². The van der Waals surface area contributed by atoms with Gasteiger partial charge in [-0.1, -0.05) is 11.6 Å². The van der Waals surface area contributed by atoms with Gasteiger partial charge in [0.2, 0.25) is 0 Å². The van der Waals surface area contributed by atoms with E-state index in [9.17, 15) is 23.3 Å². The van der Waals surface area contributed by atoms with Crippen LogP contribution in [0.1, 0.15) is 46.7 Å². The monoisotopic (exact) mass is 454 g/mol. The second-order valence-corrected chi connectivity index (χ2v) is 9.32. The summed E-state index contributed by atoms with van der Waals surface area (Å²) < 4.78 is 30.0. The van der Waals surface area contributed by atoms with E-state index in [0.717, 1.165) is 12.3 Å². The zero-order chi connectivity index (χ0) is 22.1. The molecule has 30 heavy (non-hydrogen) atoms. The third-order valence-corrected chi connectivity index (χ3v) is 6.77. The van der Waals surface area contributed by atoms with E-state index >= 15 is 0 Å². The quantitative estimate of drug-likeness (QED) is 0.369. The SMILES string of the molecule is CCOC(=O)c1cc([N+](=O)[O-])cnc1/C=C\c1c(C)nn([C@H]2CCS(=O)(=O)C2)c1Cl. The number of halogens is 1. The van der Waals surface area contributed by atoms with Gasteiger partial charge in [0.25, 0.3) is 5.69 Å². The fourth-order valence-electron chi connectivity index (χ4n) is 3.16. The first kappa shape index (κ1) is 21.9. The molecule has 160 valence electrons. The minimum atomic E-state index is -3.10. The minimum Gasteiger partial charge on any atom is -0.462 e. The molecule has 10 nitrogen and oxygen atoms in total. The Morgan fingerprint density at radius 3 is 2.80 bits per heavy atom. The number of rotatable bonds is 6. The van der Waals surface area contributed by atoms with E-state index in [4.69, 9.17) is 16.3 Å². The van der Waals surface area contributed by atoms with Crippen molar-refractivity contribution in [3.8, 4) is 0 Å². The maximum atomic E-state index is 12.2. The Kier molecular flexibility index (Phi) is 6.22. The topological polar surface area (TPSA) is 134 Å². The summed E-state index contributed by atoms with van der Waals surface area (Å²) in [6, 6.07) is 0.766. The van der Waals surface area contributed by atoms with E-state index in [1.165, 1.54) is 10.8 Å². The van der Waals surface area contributed by atoms with Gasteiger partial charge in [-0.15, -0.1) is 0 Å². The van der Waals surface area contributed by atoms with E-state index in [1.807, 2.05) is 0 Å². The van der Waals surface area contributed by atoms with Crippen LogP contribution in [0.15, 0.2) is 12.3 Å². The standard InChI is InChI=1S/C18H19ClN4O6S/c1-3-29-18(24)15-8-13(23(25)26)9-20-16(15)5-4-14-11(2)21-22(17(14)19)12-6-7-30(27,28)10-12/h4-5,8-9,12H,3,6-7,10H2,1-2H3/b5-4-/t12-/m0/s1. The van der Waals surface area contributed by atoms with Crippen LogP contribution in [0.25, 0.3) is 12.2 Å². The number of hydrogen-bond acceptors (Lipinski definition) is 8. The third-order valence-electron chi connectivity index (χ3n) is 4.64. The Labute approximate surface area is 177 Å². The maximum Gasteiger partial charge on any atom is 0.340 e. The van der Waals surface area contributed by atoms with Gasteiger partial charge in [0.15, 0.2) is 9.84 Å². The van der Waals surface area contributed by atoms with E-state index in [1.54, 1.807) is 19.9 Å². The van der Waals surface area contributed by atoms with Crippen molar-refractivity contribution >= 4 is 45.2 Å². The van der Waals surface area contributed by atoms with Crippen LogP contribution >= 0.6 is 11.6 Å². The van der Waals surface area contributed by atoms with Crippen molar-refractivity contribution in [1.82, 2.24) is 14.8 Å². The molecule has 0 unspecified atom stereocenters. The second-order valence-electron chi connectivity index (χ2n) is 6.73. The van der Waals surface area contributed by atoms with Crippen LogP contribution in [0.4, 0.5) is 5.69 Å². The molecule has 3 heterocycles. The number of esters is 1. The van der Waals surface area contributed by atoms with Gasteiger partial charge in [0.1, 0.15) is 11.3 Å². The largest absolute Gasteiger partial charge is 0.462 e. The molecule has 3 rings (SSSR count). The highest BCUT2D eigenvalue weighted by Crippen LogP contribution is 2.31. The molecular weight excluding hydrogens is 436 g/mol. The number of sulfone groups is 1. The highest BCUT2D eigenvalue weighted by atomic mass is 35.5. The predicted molar refractivity (Wildman–Crippen MR) is 110 cm³/mol. The summed E-state index contributed by atoms with van der Waals surface area (Å²) in [5, 5.41) is 15.6. The summed E-state index contributed by atoms with van der Waals surface area (Å²) in [7, 11) is -3.10. The molecule has 2 aromatic heterocycles. The van der Waals surface area contributed by atoms with Crippen molar-refractivity contribution in [2.45, 2.75) is 26.3 Å². The summed E-state index contributed by atoms with van der Waals surface area (Å²) in [6.07, 6.45) is 4.55. The zero-order valence-electron chi connectivity index (χ0n) is 16.2. The van der Waals surface area contributed by atoms with Gasteiger partial charge < -0.3 is 4.74 Å². The van der Waals surface area contributed by atoms with Gasteiger partial charge in [-0.25, -0.2) is 22.9 Å². The van der Waals surface area contributed by atoms with Crippen LogP contribution in [0.2, 0.25) is 5.15 Å². The van der Waals surface area contributed by atoms with Gasteiger partial charge >= 0.3 is 5.97 Å². The van der Waals surface area contributed by atoms with Crippen LogP contribution in [-0.4, -0.2) is 52.2 Å². The Morgan fingerprint density at radius 1 is 1.47 bits per heavy atom. The summed E-state index contributed by atoms with van der Waals surface area (Å²) >= 11 is 6.44. The molecule has 1 fully saturated rings. The van der Waals surface area contributed by atoms with Crippen LogP contribution < -0.4 is 0 Å². The van der Waals surface area contributed by atoms with Crippen LogP contribution in [0.5, 0.6) is 0 Å². The number of carbonyl (C=O) groups excluding carboxylic acids is 1. The number of nitro groups is 1. The van der Waals surface area contributed by atoms with Crippen LogP contribution in [0.3, 0.4) is 0 Å². The normalized spacial score (nSPS) is 18.0. The van der Waals surface area contributed by atoms with Crippen molar-refractivity contribution in [2.24, 2.45) is 0 Å². The lowest BCUT2D eigenvalue weighted by Gasteiger charge is -2.09. The molecular formula is C18H19ClN4O6S. The lowest BCUT2D eigenvalue weighted by atomic mass is 10.1. The molecule has 0 saturated carbocycles. The number of carbonyl (C=O) groups is 1. The molecule has 0 N–H and O–H groups in total. The Hall–Kier alpha value is -2.79.